The van der Waals surface area contributed by atoms with Crippen LogP contribution >= 0.6 is 0 Å². The zero-order valence-corrected chi connectivity index (χ0v) is 14.4. The third-order valence-electron chi connectivity index (χ3n) is 4.76. The van der Waals surface area contributed by atoms with Crippen molar-refractivity contribution < 1.29 is 0 Å². The Kier molecular flexibility index (Phi) is 3.32. The van der Waals surface area contributed by atoms with Gasteiger partial charge >= 0.3 is 0 Å². The molecule has 0 amide bonds. The average Bonchev–Trinajstić information content (AvgIpc) is 3.12. The summed E-state index contributed by atoms with van der Waals surface area (Å²) in [5.41, 5.74) is 7.22. The van der Waals surface area contributed by atoms with E-state index in [9.17, 15) is 0 Å². The van der Waals surface area contributed by atoms with Crippen molar-refractivity contribution in [2.45, 2.75) is 6.92 Å². The smallest absolute Gasteiger partial charge is 0.160 e. The van der Waals surface area contributed by atoms with E-state index in [0.717, 1.165) is 39.1 Å². The van der Waals surface area contributed by atoms with Crippen molar-refractivity contribution in [2.24, 2.45) is 0 Å². The number of hydrogen-bond acceptors (Lipinski definition) is 2. The minimum absolute atomic E-state index is 0.769. The van der Waals surface area contributed by atoms with E-state index in [2.05, 4.69) is 78.6 Å². The van der Waals surface area contributed by atoms with Crippen molar-refractivity contribution in [2.75, 3.05) is 0 Å². The van der Waals surface area contributed by atoms with Gasteiger partial charge in [-0.05, 0) is 37.3 Å². The van der Waals surface area contributed by atoms with Gasteiger partial charge in [-0.15, -0.1) is 0 Å². The Balaban J connectivity index is 1.65. The first-order chi connectivity index (χ1) is 12.8. The van der Waals surface area contributed by atoms with Crippen molar-refractivity contribution in [3.05, 3.63) is 84.6 Å². The summed E-state index contributed by atoms with van der Waals surface area (Å²) < 4.78 is 0. The molecule has 26 heavy (non-hydrogen) atoms. The van der Waals surface area contributed by atoms with Crippen LogP contribution in [0.1, 0.15) is 5.56 Å². The maximum atomic E-state index is 4.84. The lowest BCUT2D eigenvalue weighted by molar-refractivity contribution is 1.29. The van der Waals surface area contributed by atoms with E-state index in [4.69, 9.17) is 9.97 Å². The number of H-pyrrole nitrogens is 1. The van der Waals surface area contributed by atoms with Crippen molar-refractivity contribution in [1.29, 1.82) is 0 Å². The molecule has 3 nitrogen and oxygen atoms in total. The third-order valence-corrected chi connectivity index (χ3v) is 4.76. The molecule has 0 aliphatic carbocycles. The Morgan fingerprint density at radius 2 is 1.46 bits per heavy atom. The highest BCUT2D eigenvalue weighted by Crippen LogP contribution is 2.29. The van der Waals surface area contributed by atoms with Crippen LogP contribution < -0.4 is 0 Å². The van der Waals surface area contributed by atoms with Crippen molar-refractivity contribution in [3.63, 3.8) is 0 Å². The minimum atomic E-state index is 0.769. The molecule has 0 atom stereocenters. The molecule has 0 spiro atoms. The molecule has 2 aromatic carbocycles. The molecule has 0 aliphatic heterocycles. The molecule has 124 valence electrons. The van der Waals surface area contributed by atoms with E-state index >= 15 is 0 Å². The van der Waals surface area contributed by atoms with Gasteiger partial charge in [0.1, 0.15) is 0 Å². The summed E-state index contributed by atoms with van der Waals surface area (Å²) in [5.74, 6) is 0. The van der Waals surface area contributed by atoms with Crippen LogP contribution in [0.25, 0.3) is 44.5 Å². The first kappa shape index (κ1) is 14.8. The number of benzene rings is 2. The van der Waals surface area contributed by atoms with Gasteiger partial charge in [0.25, 0.3) is 0 Å². The molecule has 3 heterocycles. The fourth-order valence-electron chi connectivity index (χ4n) is 3.32. The van der Waals surface area contributed by atoms with Crippen LogP contribution in [0.5, 0.6) is 0 Å². The number of para-hydroxylation sites is 1. The largest absolute Gasteiger partial charge is 0.360 e. The second-order valence-corrected chi connectivity index (χ2v) is 6.55. The minimum Gasteiger partial charge on any atom is -0.360 e. The lowest BCUT2D eigenvalue weighted by atomic mass is 10.1. The van der Waals surface area contributed by atoms with Gasteiger partial charge in [0, 0.05) is 33.6 Å². The number of aromatic amines is 1. The Bertz CT molecular complexity index is 1230. The number of rotatable bonds is 2. The van der Waals surface area contributed by atoms with Crippen LogP contribution in [0, 0.1) is 6.92 Å². The number of pyridine rings is 2. The number of hydrogen-bond donors (Lipinski definition) is 1. The Morgan fingerprint density at radius 3 is 2.31 bits per heavy atom. The second-order valence-electron chi connectivity index (χ2n) is 6.55. The van der Waals surface area contributed by atoms with Gasteiger partial charge < -0.3 is 4.98 Å². The number of fused-ring (bicyclic) bond motifs is 2. The molecule has 0 fully saturated rings. The van der Waals surface area contributed by atoms with E-state index in [0.29, 0.717) is 0 Å². The predicted molar refractivity (Wildman–Crippen MR) is 107 cm³/mol. The molecule has 0 saturated heterocycles. The third kappa shape index (κ3) is 2.45. The maximum absolute atomic E-state index is 4.84. The van der Waals surface area contributed by atoms with E-state index in [1.165, 1.54) is 10.9 Å². The van der Waals surface area contributed by atoms with Gasteiger partial charge in [0.05, 0.1) is 11.4 Å². The topological polar surface area (TPSA) is 41.6 Å². The fraction of sp³-hybridized carbons (Fsp3) is 0.0435. The summed E-state index contributed by atoms with van der Waals surface area (Å²) in [5, 5.41) is 2.22. The van der Waals surface area contributed by atoms with Crippen LogP contribution in [0.15, 0.2) is 79.0 Å². The summed E-state index contributed by atoms with van der Waals surface area (Å²) in [4.78, 5) is 13.0. The first-order valence-corrected chi connectivity index (χ1v) is 8.69. The van der Waals surface area contributed by atoms with Crippen molar-refractivity contribution >= 4 is 21.9 Å². The van der Waals surface area contributed by atoms with Gasteiger partial charge in [-0.25, -0.2) is 9.97 Å². The summed E-state index contributed by atoms with van der Waals surface area (Å²) in [6.07, 6.45) is 2.02. The molecule has 3 aromatic heterocycles. The molecular weight excluding hydrogens is 318 g/mol. The zero-order chi connectivity index (χ0) is 17.5. The molecule has 5 aromatic rings. The Morgan fingerprint density at radius 1 is 0.731 bits per heavy atom. The van der Waals surface area contributed by atoms with Crippen LogP contribution in [0.2, 0.25) is 0 Å². The SMILES string of the molecule is Cc1ccc(-c2ccc3ccc(-c4c[nH]c5ccccc45)nc3n2)cc1. The maximum Gasteiger partial charge on any atom is 0.160 e. The number of aromatic nitrogens is 3. The van der Waals surface area contributed by atoms with Crippen LogP contribution in [-0.2, 0) is 0 Å². The second kappa shape index (κ2) is 5.81. The monoisotopic (exact) mass is 335 g/mol. The normalized spacial score (nSPS) is 11.3. The highest BCUT2D eigenvalue weighted by molar-refractivity contribution is 5.95. The van der Waals surface area contributed by atoms with Gasteiger partial charge in [0.2, 0.25) is 0 Å². The lowest BCUT2D eigenvalue weighted by Crippen LogP contribution is -1.90. The van der Waals surface area contributed by atoms with Crippen LogP contribution in [0.4, 0.5) is 0 Å². The van der Waals surface area contributed by atoms with E-state index in [1.54, 1.807) is 0 Å². The zero-order valence-electron chi connectivity index (χ0n) is 14.4. The molecule has 0 radical (unpaired) electrons. The summed E-state index contributed by atoms with van der Waals surface area (Å²) >= 11 is 0. The van der Waals surface area contributed by atoms with Crippen LogP contribution in [-0.4, -0.2) is 15.0 Å². The quantitative estimate of drug-likeness (QED) is 0.446. The molecular formula is C23H17N3. The molecule has 0 aliphatic rings. The molecule has 5 rings (SSSR count). The molecule has 0 bridgehead atoms. The first-order valence-electron chi connectivity index (χ1n) is 8.69. The lowest BCUT2D eigenvalue weighted by Gasteiger charge is -2.05. The summed E-state index contributed by atoms with van der Waals surface area (Å²) in [6, 6.07) is 25.0. The van der Waals surface area contributed by atoms with E-state index in [-0.39, 0.29) is 0 Å². The molecule has 1 N–H and O–H groups in total. The molecule has 0 saturated carbocycles. The predicted octanol–water partition coefficient (Wildman–Crippen LogP) is 5.75. The molecule has 3 heteroatoms. The van der Waals surface area contributed by atoms with Crippen molar-refractivity contribution in [1.82, 2.24) is 15.0 Å². The molecule has 0 unspecified atom stereocenters. The van der Waals surface area contributed by atoms with Gasteiger partial charge in [-0.2, -0.15) is 0 Å². The highest BCUT2D eigenvalue weighted by atomic mass is 14.9. The number of aryl methyl sites for hydroxylation is 1. The summed E-state index contributed by atoms with van der Waals surface area (Å²) in [6.45, 7) is 2.09. The van der Waals surface area contributed by atoms with Crippen molar-refractivity contribution in [3.8, 4) is 22.5 Å². The summed E-state index contributed by atoms with van der Waals surface area (Å²) in [7, 11) is 0. The highest BCUT2D eigenvalue weighted by Gasteiger charge is 2.09. The Labute approximate surface area is 151 Å². The number of nitrogens with one attached hydrogen (secondary N) is 1. The van der Waals surface area contributed by atoms with Gasteiger partial charge in [0.15, 0.2) is 5.65 Å². The average molecular weight is 335 g/mol. The Hall–Kier alpha value is -3.46. The van der Waals surface area contributed by atoms with E-state index < -0.39 is 0 Å². The number of nitrogens with zero attached hydrogens (tertiary/aromatic N) is 2. The van der Waals surface area contributed by atoms with E-state index in [1.807, 2.05) is 12.3 Å². The van der Waals surface area contributed by atoms with Crippen LogP contribution in [0.3, 0.4) is 0 Å². The fourth-order valence-corrected chi connectivity index (χ4v) is 3.32. The van der Waals surface area contributed by atoms with Gasteiger partial charge in [-0.3, -0.25) is 0 Å². The van der Waals surface area contributed by atoms with Gasteiger partial charge in [-0.1, -0.05) is 48.0 Å². The standard InChI is InChI=1S/C23H17N3/c1-15-6-8-16(9-7-15)20-12-10-17-11-13-22(26-23(17)25-20)19-14-24-21-5-3-2-4-18(19)21/h2-14,24H,1H3.